The van der Waals surface area contributed by atoms with Gasteiger partial charge in [0.25, 0.3) is 5.91 Å². The molecule has 0 aliphatic carbocycles. The first-order chi connectivity index (χ1) is 8.16. The summed E-state index contributed by atoms with van der Waals surface area (Å²) in [6.45, 7) is 1.89. The number of rotatable bonds is 2. The summed E-state index contributed by atoms with van der Waals surface area (Å²) < 4.78 is 0.873. The number of carbonyl (C=O) groups excluding carboxylic acids is 1. The summed E-state index contributed by atoms with van der Waals surface area (Å²) in [7, 11) is 0. The highest BCUT2D eigenvalue weighted by molar-refractivity contribution is 9.10. The minimum atomic E-state index is -0.168. The van der Waals surface area contributed by atoms with Crippen molar-refractivity contribution in [2.45, 2.75) is 6.92 Å². The number of benzene rings is 1. The van der Waals surface area contributed by atoms with Crippen LogP contribution in [0.25, 0.3) is 0 Å². The Morgan fingerprint density at radius 3 is 2.71 bits per heavy atom. The second-order valence-electron chi connectivity index (χ2n) is 3.54. The number of aromatic nitrogens is 2. The Bertz CT molecular complexity index is 543. The van der Waals surface area contributed by atoms with Crippen molar-refractivity contribution >= 4 is 27.5 Å². The Morgan fingerprint density at radius 2 is 2.00 bits per heavy atom. The molecule has 0 bridgehead atoms. The fourth-order valence-corrected chi connectivity index (χ4v) is 1.76. The molecular formula is C12H10BrN3O. The van der Waals surface area contributed by atoms with Gasteiger partial charge in [0.2, 0.25) is 0 Å². The number of halogens is 1. The van der Waals surface area contributed by atoms with Gasteiger partial charge < -0.3 is 5.32 Å². The monoisotopic (exact) mass is 291 g/mol. The fourth-order valence-electron chi connectivity index (χ4n) is 1.40. The topological polar surface area (TPSA) is 54.9 Å². The normalized spacial score (nSPS) is 10.0. The lowest BCUT2D eigenvalue weighted by Gasteiger charge is -2.07. The molecule has 0 atom stereocenters. The van der Waals surface area contributed by atoms with Gasteiger partial charge in [0.15, 0.2) is 0 Å². The molecule has 1 aromatic heterocycles. The van der Waals surface area contributed by atoms with Crippen molar-refractivity contribution in [3.8, 4) is 0 Å². The molecule has 0 aliphatic heterocycles. The number of hydrogen-bond acceptors (Lipinski definition) is 3. The van der Waals surface area contributed by atoms with Gasteiger partial charge in [-0.25, -0.2) is 9.97 Å². The Labute approximate surface area is 107 Å². The molecule has 5 heteroatoms. The van der Waals surface area contributed by atoms with Gasteiger partial charge in [0.05, 0.1) is 18.1 Å². The van der Waals surface area contributed by atoms with Crippen molar-refractivity contribution in [1.29, 1.82) is 0 Å². The molecule has 0 saturated carbocycles. The van der Waals surface area contributed by atoms with E-state index in [1.54, 1.807) is 18.5 Å². The van der Waals surface area contributed by atoms with Crippen molar-refractivity contribution in [2.75, 3.05) is 5.32 Å². The van der Waals surface area contributed by atoms with Crippen LogP contribution in [0, 0.1) is 6.92 Å². The van der Waals surface area contributed by atoms with Crippen molar-refractivity contribution in [1.82, 2.24) is 9.97 Å². The Kier molecular flexibility index (Phi) is 3.49. The van der Waals surface area contributed by atoms with Gasteiger partial charge in [-0.2, -0.15) is 0 Å². The van der Waals surface area contributed by atoms with Gasteiger partial charge in [-0.3, -0.25) is 4.79 Å². The van der Waals surface area contributed by atoms with E-state index in [1.165, 1.54) is 6.33 Å². The van der Waals surface area contributed by atoms with Crippen LogP contribution in [0.5, 0.6) is 0 Å². The summed E-state index contributed by atoms with van der Waals surface area (Å²) >= 11 is 3.35. The van der Waals surface area contributed by atoms with E-state index in [-0.39, 0.29) is 5.91 Å². The molecule has 0 fully saturated rings. The zero-order chi connectivity index (χ0) is 12.3. The molecule has 2 rings (SSSR count). The third-order valence-electron chi connectivity index (χ3n) is 2.26. The zero-order valence-corrected chi connectivity index (χ0v) is 10.7. The van der Waals surface area contributed by atoms with Crippen LogP contribution < -0.4 is 5.32 Å². The summed E-state index contributed by atoms with van der Waals surface area (Å²) in [6.07, 6.45) is 4.52. The third-order valence-corrected chi connectivity index (χ3v) is 2.76. The number of hydrogen-bond donors (Lipinski definition) is 1. The minimum absolute atomic E-state index is 0.168. The highest BCUT2D eigenvalue weighted by atomic mass is 79.9. The molecule has 86 valence electrons. The first kappa shape index (κ1) is 11.7. The number of nitrogens with zero attached hydrogens (tertiary/aromatic N) is 2. The average molecular weight is 292 g/mol. The van der Waals surface area contributed by atoms with Gasteiger partial charge in [-0.05, 0) is 24.6 Å². The molecule has 1 N–H and O–H groups in total. The van der Waals surface area contributed by atoms with Crippen LogP contribution in [0.15, 0.2) is 41.4 Å². The van der Waals surface area contributed by atoms with Crippen molar-refractivity contribution in [3.63, 3.8) is 0 Å². The lowest BCUT2D eigenvalue weighted by atomic mass is 10.1. The van der Waals surface area contributed by atoms with Crippen LogP contribution in [0.3, 0.4) is 0 Å². The maximum Gasteiger partial charge on any atom is 0.256 e. The molecule has 0 radical (unpaired) electrons. The van der Waals surface area contributed by atoms with E-state index in [4.69, 9.17) is 0 Å². The van der Waals surface area contributed by atoms with Crippen LogP contribution in [0.1, 0.15) is 15.9 Å². The van der Waals surface area contributed by atoms with E-state index in [9.17, 15) is 4.79 Å². The van der Waals surface area contributed by atoms with E-state index < -0.39 is 0 Å². The fraction of sp³-hybridized carbons (Fsp3) is 0.0833. The Morgan fingerprint density at radius 1 is 1.29 bits per heavy atom. The smallest absolute Gasteiger partial charge is 0.256 e. The molecule has 0 spiro atoms. The molecule has 1 heterocycles. The minimum Gasteiger partial charge on any atom is -0.319 e. The summed E-state index contributed by atoms with van der Waals surface area (Å²) in [5.41, 5.74) is 2.13. The van der Waals surface area contributed by atoms with Crippen LogP contribution in [-0.2, 0) is 0 Å². The third kappa shape index (κ3) is 2.88. The van der Waals surface area contributed by atoms with E-state index in [0.29, 0.717) is 11.3 Å². The van der Waals surface area contributed by atoms with Gasteiger partial charge in [0, 0.05) is 10.0 Å². The predicted molar refractivity (Wildman–Crippen MR) is 68.9 cm³/mol. The lowest BCUT2D eigenvalue weighted by Crippen LogP contribution is -2.13. The van der Waals surface area contributed by atoms with Crippen LogP contribution in [-0.4, -0.2) is 15.9 Å². The molecule has 0 saturated heterocycles. The largest absolute Gasteiger partial charge is 0.319 e. The van der Waals surface area contributed by atoms with Crippen LogP contribution >= 0.6 is 15.9 Å². The maximum atomic E-state index is 12.0. The summed E-state index contributed by atoms with van der Waals surface area (Å²) in [5.74, 6) is -0.168. The second kappa shape index (κ2) is 5.05. The van der Waals surface area contributed by atoms with Crippen molar-refractivity contribution < 1.29 is 4.79 Å². The maximum absolute atomic E-state index is 12.0. The second-order valence-corrected chi connectivity index (χ2v) is 4.46. The molecule has 17 heavy (non-hydrogen) atoms. The summed E-state index contributed by atoms with van der Waals surface area (Å²) in [4.78, 5) is 19.7. The molecule has 4 nitrogen and oxygen atoms in total. The quantitative estimate of drug-likeness (QED) is 0.926. The van der Waals surface area contributed by atoms with E-state index in [0.717, 1.165) is 10.0 Å². The van der Waals surface area contributed by atoms with Gasteiger partial charge in [0.1, 0.15) is 6.33 Å². The van der Waals surface area contributed by atoms with Crippen LogP contribution in [0.2, 0.25) is 0 Å². The zero-order valence-electron chi connectivity index (χ0n) is 9.14. The number of anilines is 1. The highest BCUT2D eigenvalue weighted by Gasteiger charge is 2.09. The molecular weight excluding hydrogens is 282 g/mol. The van der Waals surface area contributed by atoms with Crippen LogP contribution in [0.4, 0.5) is 5.69 Å². The van der Waals surface area contributed by atoms with Gasteiger partial charge >= 0.3 is 0 Å². The predicted octanol–water partition coefficient (Wildman–Crippen LogP) is 2.80. The molecule has 1 aromatic carbocycles. The average Bonchev–Trinajstić information content (AvgIpc) is 2.33. The number of amides is 1. The highest BCUT2D eigenvalue weighted by Crippen LogP contribution is 2.17. The summed E-state index contributed by atoms with van der Waals surface area (Å²) in [5, 5.41) is 2.74. The number of carbonyl (C=O) groups is 1. The molecule has 1 amide bonds. The Hall–Kier alpha value is -1.75. The Balaban J connectivity index is 2.23. The van der Waals surface area contributed by atoms with E-state index in [1.807, 2.05) is 19.1 Å². The molecule has 0 aliphatic rings. The van der Waals surface area contributed by atoms with Crippen molar-refractivity contribution in [2.24, 2.45) is 0 Å². The SMILES string of the molecule is Cc1ccc(Br)cc1C(=O)Nc1cncnc1. The molecule has 2 aromatic rings. The standard InChI is InChI=1S/C12H10BrN3O/c1-8-2-3-9(13)4-11(8)12(17)16-10-5-14-7-15-6-10/h2-7H,1H3,(H,16,17). The van der Waals surface area contributed by atoms with Gasteiger partial charge in [-0.15, -0.1) is 0 Å². The lowest BCUT2D eigenvalue weighted by molar-refractivity contribution is 0.102. The van der Waals surface area contributed by atoms with E-state index >= 15 is 0 Å². The number of nitrogens with one attached hydrogen (secondary N) is 1. The first-order valence-electron chi connectivity index (χ1n) is 4.99. The van der Waals surface area contributed by atoms with E-state index in [2.05, 4.69) is 31.2 Å². The summed E-state index contributed by atoms with van der Waals surface area (Å²) in [6, 6.07) is 5.58. The first-order valence-corrected chi connectivity index (χ1v) is 5.78. The number of aryl methyl sites for hydroxylation is 1. The van der Waals surface area contributed by atoms with Gasteiger partial charge in [-0.1, -0.05) is 22.0 Å². The van der Waals surface area contributed by atoms with Crippen molar-refractivity contribution in [3.05, 3.63) is 52.5 Å². The molecule has 0 unspecified atom stereocenters.